The smallest absolute Gasteiger partial charge is 0.222 e. The standard InChI is InChI=1S/C20H26N4O/c1-2-5-18-8-10-24(9-7-17(18)4-1)15-16-12-21-20(22-13-16)23-14-19-6-3-11-25-19/h1-2,4-5,12-13,19H,3,6-11,14-15H2,(H,21,22,23). The molecule has 3 heterocycles. The van der Waals surface area contributed by atoms with E-state index in [0.717, 1.165) is 58.5 Å². The van der Waals surface area contributed by atoms with Crippen LogP contribution in [0.15, 0.2) is 36.7 Å². The van der Waals surface area contributed by atoms with E-state index in [1.54, 1.807) is 0 Å². The third-order valence-electron chi connectivity index (χ3n) is 5.14. The van der Waals surface area contributed by atoms with Gasteiger partial charge in [0.1, 0.15) is 0 Å². The van der Waals surface area contributed by atoms with Crippen LogP contribution < -0.4 is 5.32 Å². The van der Waals surface area contributed by atoms with E-state index in [-0.39, 0.29) is 0 Å². The second-order valence-corrected chi connectivity index (χ2v) is 6.98. The number of nitrogens with one attached hydrogen (secondary N) is 1. The zero-order valence-corrected chi connectivity index (χ0v) is 14.7. The van der Waals surface area contributed by atoms with Crippen molar-refractivity contribution in [3.8, 4) is 0 Å². The molecule has 0 radical (unpaired) electrons. The van der Waals surface area contributed by atoms with Gasteiger partial charge < -0.3 is 10.1 Å². The maximum atomic E-state index is 5.61. The number of hydrogen-bond acceptors (Lipinski definition) is 5. The van der Waals surface area contributed by atoms with Gasteiger partial charge in [-0.05, 0) is 36.8 Å². The summed E-state index contributed by atoms with van der Waals surface area (Å²) < 4.78 is 5.61. The predicted octanol–water partition coefficient (Wildman–Crippen LogP) is 2.67. The molecular weight excluding hydrogens is 312 g/mol. The second kappa shape index (κ2) is 7.93. The van der Waals surface area contributed by atoms with Gasteiger partial charge in [-0.2, -0.15) is 0 Å². The molecule has 1 unspecified atom stereocenters. The summed E-state index contributed by atoms with van der Waals surface area (Å²) in [5, 5.41) is 3.28. The fourth-order valence-corrected chi connectivity index (χ4v) is 3.67. The van der Waals surface area contributed by atoms with E-state index in [0.29, 0.717) is 12.1 Å². The number of hydrogen-bond donors (Lipinski definition) is 1. The average molecular weight is 338 g/mol. The monoisotopic (exact) mass is 338 g/mol. The normalized spacial score (nSPS) is 20.9. The van der Waals surface area contributed by atoms with Crippen LogP contribution in [-0.4, -0.2) is 47.2 Å². The second-order valence-electron chi connectivity index (χ2n) is 6.98. The molecule has 5 heteroatoms. The fraction of sp³-hybridized carbons (Fsp3) is 0.500. The third kappa shape index (κ3) is 4.35. The van der Waals surface area contributed by atoms with Crippen molar-refractivity contribution in [3.63, 3.8) is 0 Å². The summed E-state index contributed by atoms with van der Waals surface area (Å²) in [4.78, 5) is 11.4. The number of anilines is 1. The van der Waals surface area contributed by atoms with Gasteiger partial charge in [-0.25, -0.2) is 9.97 Å². The molecule has 2 aromatic rings. The van der Waals surface area contributed by atoms with Crippen molar-refractivity contribution in [2.75, 3.05) is 31.6 Å². The molecule has 132 valence electrons. The van der Waals surface area contributed by atoms with Crippen molar-refractivity contribution >= 4 is 5.95 Å². The molecule has 0 bridgehead atoms. The third-order valence-corrected chi connectivity index (χ3v) is 5.14. The van der Waals surface area contributed by atoms with Gasteiger partial charge in [0.2, 0.25) is 5.95 Å². The first kappa shape index (κ1) is 16.5. The number of nitrogens with zero attached hydrogens (tertiary/aromatic N) is 3. The summed E-state index contributed by atoms with van der Waals surface area (Å²) in [6.07, 6.45) is 8.73. The minimum atomic E-state index is 0.307. The van der Waals surface area contributed by atoms with Gasteiger partial charge in [0.15, 0.2) is 0 Å². The lowest BCUT2D eigenvalue weighted by molar-refractivity contribution is 0.120. The van der Waals surface area contributed by atoms with Crippen LogP contribution in [0.5, 0.6) is 0 Å². The van der Waals surface area contributed by atoms with E-state index in [9.17, 15) is 0 Å². The summed E-state index contributed by atoms with van der Waals surface area (Å²) in [7, 11) is 0. The van der Waals surface area contributed by atoms with Gasteiger partial charge in [0.25, 0.3) is 0 Å². The molecule has 2 aliphatic rings. The lowest BCUT2D eigenvalue weighted by Gasteiger charge is -2.19. The number of fused-ring (bicyclic) bond motifs is 1. The van der Waals surface area contributed by atoms with Crippen molar-refractivity contribution in [2.45, 2.75) is 38.3 Å². The number of benzene rings is 1. The molecule has 2 aliphatic heterocycles. The predicted molar refractivity (Wildman–Crippen MR) is 98.6 cm³/mol. The SMILES string of the molecule is c1ccc2c(c1)CCN(Cc1cnc(NCC3CCCO3)nc1)CC2. The van der Waals surface area contributed by atoms with Gasteiger partial charge in [-0.1, -0.05) is 24.3 Å². The Morgan fingerprint density at radius 2 is 1.80 bits per heavy atom. The molecule has 4 rings (SSSR count). The first-order valence-electron chi connectivity index (χ1n) is 9.32. The number of aromatic nitrogens is 2. The quantitative estimate of drug-likeness (QED) is 0.908. The molecule has 1 N–H and O–H groups in total. The van der Waals surface area contributed by atoms with Gasteiger partial charge >= 0.3 is 0 Å². The summed E-state index contributed by atoms with van der Waals surface area (Å²) in [6, 6.07) is 8.81. The molecular formula is C20H26N4O. The highest BCUT2D eigenvalue weighted by Crippen LogP contribution is 2.17. The van der Waals surface area contributed by atoms with E-state index in [1.165, 1.54) is 16.7 Å². The average Bonchev–Trinajstić information content (AvgIpc) is 3.09. The van der Waals surface area contributed by atoms with Crippen LogP contribution in [0.1, 0.15) is 29.5 Å². The van der Waals surface area contributed by atoms with Crippen LogP contribution in [0.25, 0.3) is 0 Å². The number of ether oxygens (including phenoxy) is 1. The Morgan fingerprint density at radius 3 is 2.44 bits per heavy atom. The molecule has 1 aromatic carbocycles. The summed E-state index contributed by atoms with van der Waals surface area (Å²) in [5.74, 6) is 0.697. The fourth-order valence-electron chi connectivity index (χ4n) is 3.67. The molecule has 5 nitrogen and oxygen atoms in total. The Morgan fingerprint density at radius 1 is 1.08 bits per heavy atom. The van der Waals surface area contributed by atoms with E-state index >= 15 is 0 Å². The van der Waals surface area contributed by atoms with E-state index in [1.807, 2.05) is 12.4 Å². The van der Waals surface area contributed by atoms with Gasteiger partial charge in [0.05, 0.1) is 6.10 Å². The maximum Gasteiger partial charge on any atom is 0.222 e. The Kier molecular flexibility index (Phi) is 5.23. The van der Waals surface area contributed by atoms with Gasteiger partial charge in [-0.15, -0.1) is 0 Å². The molecule has 0 amide bonds. The zero-order chi connectivity index (χ0) is 16.9. The minimum absolute atomic E-state index is 0.307. The topological polar surface area (TPSA) is 50.3 Å². The Labute approximate surface area is 149 Å². The molecule has 1 saturated heterocycles. The molecule has 1 fully saturated rings. The highest BCUT2D eigenvalue weighted by molar-refractivity contribution is 5.29. The maximum absolute atomic E-state index is 5.61. The Bertz CT molecular complexity index is 655. The van der Waals surface area contributed by atoms with Crippen LogP contribution in [-0.2, 0) is 24.1 Å². The van der Waals surface area contributed by atoms with Gasteiger partial charge in [-0.3, -0.25) is 4.90 Å². The first-order valence-corrected chi connectivity index (χ1v) is 9.32. The molecule has 1 aromatic heterocycles. The highest BCUT2D eigenvalue weighted by atomic mass is 16.5. The van der Waals surface area contributed by atoms with Crippen LogP contribution in [0.3, 0.4) is 0 Å². The largest absolute Gasteiger partial charge is 0.376 e. The van der Waals surface area contributed by atoms with Crippen molar-refractivity contribution in [1.82, 2.24) is 14.9 Å². The summed E-state index contributed by atoms with van der Waals surface area (Å²) in [5.41, 5.74) is 4.17. The molecule has 25 heavy (non-hydrogen) atoms. The summed E-state index contributed by atoms with van der Waals surface area (Å²) in [6.45, 7) is 4.78. The number of rotatable bonds is 5. The van der Waals surface area contributed by atoms with Crippen molar-refractivity contribution in [2.24, 2.45) is 0 Å². The van der Waals surface area contributed by atoms with Crippen molar-refractivity contribution in [3.05, 3.63) is 53.3 Å². The van der Waals surface area contributed by atoms with E-state index in [2.05, 4.69) is 44.5 Å². The van der Waals surface area contributed by atoms with Gasteiger partial charge in [0, 0.05) is 50.7 Å². The lowest BCUT2D eigenvalue weighted by Crippen LogP contribution is -2.26. The van der Waals surface area contributed by atoms with Crippen molar-refractivity contribution < 1.29 is 4.74 Å². The molecule has 0 spiro atoms. The van der Waals surface area contributed by atoms with Crippen LogP contribution >= 0.6 is 0 Å². The molecule has 0 saturated carbocycles. The first-order chi connectivity index (χ1) is 12.4. The van der Waals surface area contributed by atoms with E-state index < -0.39 is 0 Å². The lowest BCUT2D eigenvalue weighted by atomic mass is 10.0. The van der Waals surface area contributed by atoms with Crippen LogP contribution in [0.4, 0.5) is 5.95 Å². The zero-order valence-electron chi connectivity index (χ0n) is 14.7. The minimum Gasteiger partial charge on any atom is -0.376 e. The van der Waals surface area contributed by atoms with E-state index in [4.69, 9.17) is 4.74 Å². The molecule has 0 aliphatic carbocycles. The summed E-state index contributed by atoms with van der Waals surface area (Å²) >= 11 is 0. The van der Waals surface area contributed by atoms with Crippen LogP contribution in [0, 0.1) is 0 Å². The van der Waals surface area contributed by atoms with Crippen molar-refractivity contribution in [1.29, 1.82) is 0 Å². The Hall–Kier alpha value is -1.98. The van der Waals surface area contributed by atoms with Crippen LogP contribution in [0.2, 0.25) is 0 Å². The Balaban J connectivity index is 1.29. The highest BCUT2D eigenvalue weighted by Gasteiger charge is 2.16. The molecule has 1 atom stereocenters.